The van der Waals surface area contributed by atoms with Crippen LogP contribution in [0.15, 0.2) is 42.6 Å². The summed E-state index contributed by atoms with van der Waals surface area (Å²) in [5.74, 6) is -0.124. The molecule has 1 amide bonds. The number of halogens is 2. The molecule has 27 heavy (non-hydrogen) atoms. The minimum Gasteiger partial charge on any atom is -0.352 e. The van der Waals surface area contributed by atoms with Crippen molar-refractivity contribution in [2.24, 2.45) is 5.73 Å². The lowest BCUT2D eigenvalue weighted by Gasteiger charge is -2.10. The molecule has 1 aromatic carbocycles. The lowest BCUT2D eigenvalue weighted by Crippen LogP contribution is -2.29. The van der Waals surface area contributed by atoms with Crippen molar-refractivity contribution in [1.82, 2.24) is 20.1 Å². The monoisotopic (exact) mass is 409 g/mol. The molecule has 6 nitrogen and oxygen atoms in total. The fourth-order valence-electron chi connectivity index (χ4n) is 2.73. The first-order chi connectivity index (χ1) is 12.1. The maximum absolute atomic E-state index is 12.7. The second-order valence-electron chi connectivity index (χ2n) is 6.14. The van der Waals surface area contributed by atoms with E-state index in [0.717, 1.165) is 28.7 Å². The van der Waals surface area contributed by atoms with Crippen LogP contribution in [0, 0.1) is 0 Å². The number of nitrogens with zero attached hydrogens (tertiary/aromatic N) is 3. The molecule has 0 saturated heterocycles. The molecule has 2 heterocycles. The highest BCUT2D eigenvalue weighted by molar-refractivity contribution is 6.06. The van der Waals surface area contributed by atoms with E-state index in [2.05, 4.69) is 10.4 Å². The number of pyridine rings is 1. The smallest absolute Gasteiger partial charge is 0.252 e. The fourth-order valence-corrected chi connectivity index (χ4v) is 2.73. The highest BCUT2D eigenvalue weighted by Crippen LogP contribution is 2.24. The summed E-state index contributed by atoms with van der Waals surface area (Å²) in [5, 5.41) is 8.06. The van der Waals surface area contributed by atoms with Gasteiger partial charge in [-0.1, -0.05) is 30.3 Å². The van der Waals surface area contributed by atoms with Crippen molar-refractivity contribution >= 4 is 41.8 Å². The molecule has 0 bridgehead atoms. The molecule has 3 N–H and O–H groups in total. The van der Waals surface area contributed by atoms with Crippen LogP contribution < -0.4 is 11.1 Å². The molecule has 146 valence electrons. The zero-order valence-corrected chi connectivity index (χ0v) is 17.0. The first-order valence-corrected chi connectivity index (χ1v) is 8.56. The molecule has 0 saturated carbocycles. The quantitative estimate of drug-likeness (QED) is 0.652. The van der Waals surface area contributed by atoms with Crippen molar-refractivity contribution in [3.05, 3.63) is 48.2 Å². The summed E-state index contributed by atoms with van der Waals surface area (Å²) >= 11 is 0. The summed E-state index contributed by atoms with van der Waals surface area (Å²) < 4.78 is 1.81. The number of carbonyl (C=O) groups is 1. The van der Waals surface area contributed by atoms with Gasteiger partial charge in [-0.25, -0.2) is 9.67 Å². The Hall–Kier alpha value is -2.15. The average Bonchev–Trinajstić information content (AvgIpc) is 3.04. The van der Waals surface area contributed by atoms with Crippen molar-refractivity contribution in [3.8, 4) is 11.3 Å². The van der Waals surface area contributed by atoms with Gasteiger partial charge in [0, 0.05) is 24.7 Å². The summed E-state index contributed by atoms with van der Waals surface area (Å²) in [6.07, 6.45) is 2.45. The molecule has 0 radical (unpaired) electrons. The third-order valence-electron chi connectivity index (χ3n) is 4.11. The lowest BCUT2D eigenvalue weighted by atomic mass is 10.1. The third-order valence-corrected chi connectivity index (χ3v) is 4.11. The van der Waals surface area contributed by atoms with E-state index >= 15 is 0 Å². The van der Waals surface area contributed by atoms with Crippen LogP contribution >= 0.6 is 24.8 Å². The standard InChI is InChI=1S/C19H23N5O.2ClH/c1-3-24-18-16(12-22-24)15(19(25)21-10-9-13(2)20)11-17(23-18)14-7-5-4-6-8-14;;/h4-8,11-13H,3,9-10,20H2,1-2H3,(H,21,25);2*1H. The highest BCUT2D eigenvalue weighted by atomic mass is 35.5. The van der Waals surface area contributed by atoms with Gasteiger partial charge in [0.05, 0.1) is 22.8 Å². The Morgan fingerprint density at radius 3 is 2.59 bits per heavy atom. The molecule has 0 spiro atoms. The van der Waals surface area contributed by atoms with Gasteiger partial charge in [-0.2, -0.15) is 5.10 Å². The van der Waals surface area contributed by atoms with Crippen LogP contribution in [0.3, 0.4) is 0 Å². The van der Waals surface area contributed by atoms with Gasteiger partial charge in [-0.15, -0.1) is 24.8 Å². The predicted molar refractivity (Wildman–Crippen MR) is 114 cm³/mol. The molecule has 0 aliphatic heterocycles. The molecule has 1 unspecified atom stereocenters. The maximum atomic E-state index is 12.7. The minimum absolute atomic E-state index is 0. The summed E-state index contributed by atoms with van der Waals surface area (Å²) in [4.78, 5) is 17.4. The Morgan fingerprint density at radius 2 is 1.96 bits per heavy atom. The first kappa shape index (κ1) is 22.9. The van der Waals surface area contributed by atoms with Gasteiger partial charge in [-0.05, 0) is 26.3 Å². The predicted octanol–water partition coefficient (Wildman–Crippen LogP) is 3.43. The second-order valence-corrected chi connectivity index (χ2v) is 6.14. The number of hydrogen-bond acceptors (Lipinski definition) is 4. The third kappa shape index (κ3) is 5.19. The van der Waals surface area contributed by atoms with Crippen LogP contribution in [0.4, 0.5) is 0 Å². The van der Waals surface area contributed by atoms with Gasteiger partial charge in [-0.3, -0.25) is 4.79 Å². The number of nitrogens with two attached hydrogens (primary N) is 1. The Labute approximate surface area is 171 Å². The van der Waals surface area contributed by atoms with Gasteiger partial charge in [0.2, 0.25) is 0 Å². The van der Waals surface area contributed by atoms with E-state index in [4.69, 9.17) is 10.7 Å². The highest BCUT2D eigenvalue weighted by Gasteiger charge is 2.17. The Balaban J connectivity index is 0.00000182. The van der Waals surface area contributed by atoms with Gasteiger partial charge >= 0.3 is 0 Å². The largest absolute Gasteiger partial charge is 0.352 e. The molecule has 3 rings (SSSR count). The second kappa shape index (κ2) is 10.3. The summed E-state index contributed by atoms with van der Waals surface area (Å²) in [7, 11) is 0. The zero-order valence-electron chi connectivity index (χ0n) is 15.4. The molecule has 0 aliphatic carbocycles. The van der Waals surface area contributed by atoms with Crippen molar-refractivity contribution in [2.75, 3.05) is 6.54 Å². The molecule has 3 aromatic rings. The number of rotatable bonds is 6. The molecule has 1 atom stereocenters. The molecular weight excluding hydrogens is 385 g/mol. The Bertz CT molecular complexity index is 880. The van der Waals surface area contributed by atoms with Crippen LogP contribution in [-0.4, -0.2) is 33.3 Å². The fraction of sp³-hybridized carbons (Fsp3) is 0.316. The van der Waals surface area contributed by atoms with Crippen LogP contribution in [-0.2, 0) is 6.54 Å². The molecule has 0 aliphatic rings. The number of aromatic nitrogens is 3. The van der Waals surface area contributed by atoms with Crippen molar-refractivity contribution in [1.29, 1.82) is 0 Å². The first-order valence-electron chi connectivity index (χ1n) is 8.56. The van der Waals surface area contributed by atoms with E-state index in [-0.39, 0.29) is 36.8 Å². The number of hydrogen-bond donors (Lipinski definition) is 2. The van der Waals surface area contributed by atoms with Crippen molar-refractivity contribution < 1.29 is 4.79 Å². The summed E-state index contributed by atoms with van der Waals surface area (Å²) in [6.45, 7) is 5.17. The SMILES string of the molecule is CCn1ncc2c(C(=O)NCCC(C)N)cc(-c3ccccc3)nc21.Cl.Cl. The van der Waals surface area contributed by atoms with Gasteiger partial charge in [0.25, 0.3) is 5.91 Å². The van der Waals surface area contributed by atoms with E-state index in [1.807, 2.05) is 50.2 Å². The maximum Gasteiger partial charge on any atom is 0.252 e. The van der Waals surface area contributed by atoms with Crippen LogP contribution in [0.1, 0.15) is 30.6 Å². The number of amides is 1. The molecule has 8 heteroatoms. The van der Waals surface area contributed by atoms with Crippen molar-refractivity contribution in [3.63, 3.8) is 0 Å². The minimum atomic E-state index is -0.124. The van der Waals surface area contributed by atoms with Gasteiger partial charge in [0.15, 0.2) is 5.65 Å². The van der Waals surface area contributed by atoms with E-state index < -0.39 is 0 Å². The van der Waals surface area contributed by atoms with E-state index in [0.29, 0.717) is 18.7 Å². The lowest BCUT2D eigenvalue weighted by molar-refractivity contribution is 0.0954. The van der Waals surface area contributed by atoms with Crippen LogP contribution in [0.25, 0.3) is 22.3 Å². The van der Waals surface area contributed by atoms with Gasteiger partial charge in [0.1, 0.15) is 0 Å². The Kier molecular flexibility index (Phi) is 8.69. The normalized spacial score (nSPS) is 11.4. The van der Waals surface area contributed by atoms with Gasteiger partial charge < -0.3 is 11.1 Å². The van der Waals surface area contributed by atoms with E-state index in [9.17, 15) is 4.79 Å². The van der Waals surface area contributed by atoms with Crippen LogP contribution in [0.5, 0.6) is 0 Å². The number of carbonyl (C=O) groups excluding carboxylic acids is 1. The van der Waals surface area contributed by atoms with Crippen LogP contribution in [0.2, 0.25) is 0 Å². The Morgan fingerprint density at radius 1 is 1.26 bits per heavy atom. The average molecular weight is 410 g/mol. The molecule has 0 fully saturated rings. The number of fused-ring (bicyclic) bond motifs is 1. The summed E-state index contributed by atoms with van der Waals surface area (Å²) in [6, 6.07) is 11.7. The topological polar surface area (TPSA) is 85.8 Å². The molecular formula is C19H25Cl2N5O. The van der Waals surface area contributed by atoms with E-state index in [1.165, 1.54) is 0 Å². The number of benzene rings is 1. The van der Waals surface area contributed by atoms with Crippen molar-refractivity contribution in [2.45, 2.75) is 32.9 Å². The van der Waals surface area contributed by atoms with E-state index in [1.54, 1.807) is 10.9 Å². The zero-order chi connectivity index (χ0) is 17.8. The molecule has 2 aromatic heterocycles. The number of nitrogens with one attached hydrogen (secondary N) is 1. The summed E-state index contributed by atoms with van der Waals surface area (Å²) in [5.41, 5.74) is 8.80. The number of aryl methyl sites for hydroxylation is 1.